The van der Waals surface area contributed by atoms with Crippen molar-refractivity contribution in [1.29, 1.82) is 0 Å². The topological polar surface area (TPSA) is 97.6 Å². The third-order valence-electron chi connectivity index (χ3n) is 5.96. The van der Waals surface area contributed by atoms with E-state index in [-0.39, 0.29) is 24.2 Å². The maximum Gasteiger partial charge on any atom is 0.247 e. The van der Waals surface area contributed by atoms with Gasteiger partial charge in [-0.25, -0.2) is 0 Å². The predicted molar refractivity (Wildman–Crippen MR) is 128 cm³/mol. The number of piperidine rings is 1. The van der Waals surface area contributed by atoms with Gasteiger partial charge in [0.1, 0.15) is 5.75 Å². The second-order valence-electron chi connectivity index (χ2n) is 8.26. The molecular weight excluding hydrogens is 432 g/mol. The van der Waals surface area contributed by atoms with Crippen LogP contribution in [0.15, 0.2) is 65.7 Å². The Morgan fingerprint density at radius 1 is 1.21 bits per heavy atom. The van der Waals surface area contributed by atoms with Crippen LogP contribution in [0.1, 0.15) is 41.6 Å². The molecule has 1 fully saturated rings. The van der Waals surface area contributed by atoms with Crippen molar-refractivity contribution in [1.82, 2.24) is 15.0 Å². The molecule has 0 unspecified atom stereocenters. The summed E-state index contributed by atoms with van der Waals surface area (Å²) in [6, 6.07) is 15.1. The van der Waals surface area contributed by atoms with Gasteiger partial charge >= 0.3 is 0 Å². The number of rotatable bonds is 8. The molecule has 1 aromatic heterocycles. The molecule has 0 bridgehead atoms. The van der Waals surface area contributed by atoms with Gasteiger partial charge in [-0.2, -0.15) is 4.98 Å². The molecule has 0 radical (unpaired) electrons. The molecular formula is C26H28N4O4. The average molecular weight is 461 g/mol. The molecule has 1 N–H and O–H groups in total. The molecule has 0 aliphatic carbocycles. The molecule has 1 saturated heterocycles. The van der Waals surface area contributed by atoms with Gasteiger partial charge < -0.3 is 19.5 Å². The molecule has 8 nitrogen and oxygen atoms in total. The van der Waals surface area contributed by atoms with Crippen molar-refractivity contribution in [3.05, 3.63) is 84.0 Å². The van der Waals surface area contributed by atoms with E-state index < -0.39 is 0 Å². The van der Waals surface area contributed by atoms with Crippen LogP contribution in [0.3, 0.4) is 0 Å². The van der Waals surface area contributed by atoms with Gasteiger partial charge in [0.15, 0.2) is 5.82 Å². The fraction of sp³-hybridized carbons (Fsp3) is 0.308. The van der Waals surface area contributed by atoms with Crippen LogP contribution in [0.4, 0.5) is 5.69 Å². The van der Waals surface area contributed by atoms with Crippen LogP contribution in [-0.2, 0) is 22.4 Å². The molecule has 0 atom stereocenters. The van der Waals surface area contributed by atoms with Crippen molar-refractivity contribution in [3.8, 4) is 5.75 Å². The van der Waals surface area contributed by atoms with Crippen molar-refractivity contribution in [2.75, 3.05) is 25.5 Å². The van der Waals surface area contributed by atoms with Gasteiger partial charge in [0.2, 0.25) is 17.7 Å². The van der Waals surface area contributed by atoms with Gasteiger partial charge in [-0.05, 0) is 42.7 Å². The number of para-hydroxylation sites is 1. The van der Waals surface area contributed by atoms with E-state index >= 15 is 0 Å². The van der Waals surface area contributed by atoms with E-state index in [4.69, 9.17) is 9.26 Å². The molecule has 1 aliphatic rings. The standard InChI is InChI=1S/C26H28N4O4/c1-3-24(31)27-21-9-6-7-18(15-21)16-25(32)30-13-11-19(12-14-30)26-28-23(29-34-26)17-20-8-4-5-10-22(20)33-2/h3-10,15,19H,1,11-14,16-17H2,2H3,(H,27,31). The minimum Gasteiger partial charge on any atom is -0.496 e. The first-order valence-corrected chi connectivity index (χ1v) is 11.3. The molecule has 8 heteroatoms. The summed E-state index contributed by atoms with van der Waals surface area (Å²) >= 11 is 0. The van der Waals surface area contributed by atoms with E-state index in [1.807, 2.05) is 47.4 Å². The first-order chi connectivity index (χ1) is 16.6. The largest absolute Gasteiger partial charge is 0.496 e. The average Bonchev–Trinajstić information content (AvgIpc) is 3.33. The Kier molecular flexibility index (Phi) is 7.37. The number of aromatic nitrogens is 2. The fourth-order valence-electron chi connectivity index (χ4n) is 4.14. The number of hydrogen-bond donors (Lipinski definition) is 1. The maximum absolute atomic E-state index is 12.8. The molecule has 3 aromatic rings. The van der Waals surface area contributed by atoms with Crippen molar-refractivity contribution < 1.29 is 18.8 Å². The molecule has 2 amide bonds. The highest BCUT2D eigenvalue weighted by molar-refractivity contribution is 5.98. The second kappa shape index (κ2) is 10.8. The normalized spacial score (nSPS) is 14.0. The summed E-state index contributed by atoms with van der Waals surface area (Å²) in [4.78, 5) is 30.8. The number of amides is 2. The molecule has 34 heavy (non-hydrogen) atoms. The summed E-state index contributed by atoms with van der Waals surface area (Å²) in [7, 11) is 1.65. The van der Waals surface area contributed by atoms with Crippen LogP contribution < -0.4 is 10.1 Å². The second-order valence-corrected chi connectivity index (χ2v) is 8.26. The molecule has 1 aliphatic heterocycles. The number of methoxy groups -OCH3 is 1. The number of carbonyl (C=O) groups is 2. The van der Waals surface area contributed by atoms with Crippen LogP contribution >= 0.6 is 0 Å². The van der Waals surface area contributed by atoms with Crippen LogP contribution in [0.2, 0.25) is 0 Å². The zero-order valence-corrected chi connectivity index (χ0v) is 19.2. The summed E-state index contributed by atoms with van der Waals surface area (Å²) in [5, 5.41) is 6.87. The third kappa shape index (κ3) is 5.70. The number of hydrogen-bond acceptors (Lipinski definition) is 6. The van der Waals surface area contributed by atoms with Gasteiger partial charge in [0.25, 0.3) is 0 Å². The van der Waals surface area contributed by atoms with Crippen molar-refractivity contribution in [2.24, 2.45) is 0 Å². The number of nitrogens with one attached hydrogen (secondary N) is 1. The van der Waals surface area contributed by atoms with Crippen LogP contribution in [0.5, 0.6) is 5.75 Å². The fourth-order valence-corrected chi connectivity index (χ4v) is 4.14. The van der Waals surface area contributed by atoms with E-state index in [2.05, 4.69) is 22.0 Å². The van der Waals surface area contributed by atoms with Gasteiger partial charge in [0, 0.05) is 36.7 Å². The minimum absolute atomic E-state index is 0.0630. The van der Waals surface area contributed by atoms with E-state index in [9.17, 15) is 9.59 Å². The minimum atomic E-state index is -0.280. The Morgan fingerprint density at radius 2 is 2.00 bits per heavy atom. The third-order valence-corrected chi connectivity index (χ3v) is 5.96. The lowest BCUT2D eigenvalue weighted by molar-refractivity contribution is -0.131. The van der Waals surface area contributed by atoms with Crippen LogP contribution in [-0.4, -0.2) is 47.1 Å². The van der Waals surface area contributed by atoms with Crippen molar-refractivity contribution in [2.45, 2.75) is 31.6 Å². The lowest BCUT2D eigenvalue weighted by Gasteiger charge is -2.30. The summed E-state index contributed by atoms with van der Waals surface area (Å²) in [5.41, 5.74) is 2.51. The summed E-state index contributed by atoms with van der Waals surface area (Å²) in [6.45, 7) is 4.73. The van der Waals surface area contributed by atoms with Crippen molar-refractivity contribution in [3.63, 3.8) is 0 Å². The number of carbonyl (C=O) groups excluding carboxylic acids is 2. The summed E-state index contributed by atoms with van der Waals surface area (Å²) in [6.07, 6.45) is 3.59. The predicted octanol–water partition coefficient (Wildman–Crippen LogP) is 3.74. The molecule has 2 heterocycles. The number of benzene rings is 2. The first-order valence-electron chi connectivity index (χ1n) is 11.3. The first kappa shape index (κ1) is 23.2. The number of nitrogens with zero attached hydrogens (tertiary/aromatic N) is 3. The smallest absolute Gasteiger partial charge is 0.247 e. The van der Waals surface area contributed by atoms with Crippen LogP contribution in [0, 0.1) is 0 Å². The Morgan fingerprint density at radius 3 is 2.76 bits per heavy atom. The zero-order chi connectivity index (χ0) is 23.9. The van der Waals surface area contributed by atoms with E-state index in [1.165, 1.54) is 6.08 Å². The van der Waals surface area contributed by atoms with Gasteiger partial charge in [-0.15, -0.1) is 0 Å². The van der Waals surface area contributed by atoms with E-state index in [0.29, 0.717) is 36.9 Å². The van der Waals surface area contributed by atoms with Crippen molar-refractivity contribution >= 4 is 17.5 Å². The Balaban J connectivity index is 1.30. The quantitative estimate of drug-likeness (QED) is 0.515. The lowest BCUT2D eigenvalue weighted by Crippen LogP contribution is -2.38. The Labute approximate surface area is 198 Å². The SMILES string of the molecule is C=CC(=O)Nc1cccc(CC(=O)N2CCC(c3nc(Cc4ccccc4OC)no3)CC2)c1. The highest BCUT2D eigenvalue weighted by atomic mass is 16.5. The van der Waals surface area contributed by atoms with E-state index in [0.717, 1.165) is 29.7 Å². The van der Waals surface area contributed by atoms with Gasteiger partial charge in [-0.1, -0.05) is 42.1 Å². The van der Waals surface area contributed by atoms with E-state index in [1.54, 1.807) is 13.2 Å². The van der Waals surface area contributed by atoms with Gasteiger partial charge in [-0.3, -0.25) is 9.59 Å². The summed E-state index contributed by atoms with van der Waals surface area (Å²) < 4.78 is 10.9. The van der Waals surface area contributed by atoms with Crippen LogP contribution in [0.25, 0.3) is 0 Å². The maximum atomic E-state index is 12.8. The number of anilines is 1. The zero-order valence-electron chi connectivity index (χ0n) is 19.2. The Hall–Kier alpha value is -3.94. The highest BCUT2D eigenvalue weighted by Crippen LogP contribution is 2.28. The Bertz CT molecular complexity index is 1160. The molecule has 4 rings (SSSR count). The number of likely N-dealkylation sites (tertiary alicyclic amines) is 1. The highest BCUT2D eigenvalue weighted by Gasteiger charge is 2.27. The van der Waals surface area contributed by atoms with Gasteiger partial charge in [0.05, 0.1) is 13.5 Å². The molecule has 176 valence electrons. The summed E-state index contributed by atoms with van der Waals surface area (Å²) in [5.74, 6) is 1.98. The monoisotopic (exact) mass is 460 g/mol. The molecule has 2 aromatic carbocycles. The molecule has 0 saturated carbocycles. The lowest BCUT2D eigenvalue weighted by atomic mass is 9.96. The molecule has 0 spiro atoms. The number of ether oxygens (including phenoxy) is 1.